The minimum atomic E-state index is 0.150. The molecule has 0 bridgehead atoms. The van der Waals surface area contributed by atoms with Crippen LogP contribution in [-0.4, -0.2) is 47.5 Å². The first-order valence-corrected chi connectivity index (χ1v) is 7.13. The first kappa shape index (κ1) is 15.7. The quantitative estimate of drug-likeness (QED) is 0.800. The first-order valence-electron chi connectivity index (χ1n) is 6.34. The number of anilines is 2. The number of halogens is 1. The highest BCUT2D eigenvalue weighted by molar-refractivity contribution is 9.10. The SMILES string of the molecule is CCN(CC)C(=O)CCNc1nc(NC)ncc1Br. The molecule has 2 N–H and O–H groups in total. The zero-order valence-electron chi connectivity index (χ0n) is 11.5. The lowest BCUT2D eigenvalue weighted by Crippen LogP contribution is -2.31. The Kier molecular flexibility index (Phi) is 6.55. The molecule has 7 heteroatoms. The molecule has 106 valence electrons. The summed E-state index contributed by atoms with van der Waals surface area (Å²) >= 11 is 3.37. The fourth-order valence-electron chi connectivity index (χ4n) is 1.63. The lowest BCUT2D eigenvalue weighted by molar-refractivity contribution is -0.130. The molecule has 0 unspecified atom stereocenters. The van der Waals surface area contributed by atoms with E-state index in [0.717, 1.165) is 17.6 Å². The maximum absolute atomic E-state index is 11.8. The second-order valence-electron chi connectivity index (χ2n) is 3.88. The van der Waals surface area contributed by atoms with Gasteiger partial charge in [-0.2, -0.15) is 4.98 Å². The lowest BCUT2D eigenvalue weighted by Gasteiger charge is -2.18. The molecule has 19 heavy (non-hydrogen) atoms. The van der Waals surface area contributed by atoms with Gasteiger partial charge in [0.2, 0.25) is 11.9 Å². The summed E-state index contributed by atoms with van der Waals surface area (Å²) in [4.78, 5) is 22.0. The van der Waals surface area contributed by atoms with Crippen molar-refractivity contribution in [2.24, 2.45) is 0 Å². The number of carbonyl (C=O) groups is 1. The van der Waals surface area contributed by atoms with E-state index in [1.165, 1.54) is 0 Å². The van der Waals surface area contributed by atoms with Crippen molar-refractivity contribution in [3.63, 3.8) is 0 Å². The molecule has 0 atom stereocenters. The normalized spacial score (nSPS) is 10.1. The van der Waals surface area contributed by atoms with E-state index in [9.17, 15) is 4.79 Å². The van der Waals surface area contributed by atoms with Crippen LogP contribution in [0.2, 0.25) is 0 Å². The van der Waals surface area contributed by atoms with Gasteiger partial charge in [-0.15, -0.1) is 0 Å². The second-order valence-corrected chi connectivity index (χ2v) is 4.74. The molecule has 0 aliphatic carbocycles. The largest absolute Gasteiger partial charge is 0.368 e. The molecule has 1 amide bonds. The summed E-state index contributed by atoms with van der Waals surface area (Å²) in [6, 6.07) is 0. The average Bonchev–Trinajstić information content (AvgIpc) is 2.42. The first-order chi connectivity index (χ1) is 9.12. The van der Waals surface area contributed by atoms with Gasteiger partial charge in [0.25, 0.3) is 0 Å². The average molecular weight is 330 g/mol. The summed E-state index contributed by atoms with van der Waals surface area (Å²) < 4.78 is 0.779. The summed E-state index contributed by atoms with van der Waals surface area (Å²) in [5, 5.41) is 6.01. The van der Waals surface area contributed by atoms with Gasteiger partial charge in [0.1, 0.15) is 5.82 Å². The number of rotatable bonds is 7. The van der Waals surface area contributed by atoms with Gasteiger partial charge < -0.3 is 15.5 Å². The van der Waals surface area contributed by atoms with Crippen LogP contribution in [0.1, 0.15) is 20.3 Å². The maximum Gasteiger partial charge on any atom is 0.224 e. The highest BCUT2D eigenvalue weighted by Gasteiger charge is 2.09. The Hall–Kier alpha value is -1.37. The third kappa shape index (κ3) is 4.66. The molecule has 1 heterocycles. The molecule has 1 rings (SSSR count). The third-order valence-corrected chi connectivity index (χ3v) is 3.30. The van der Waals surface area contributed by atoms with E-state index in [1.54, 1.807) is 13.2 Å². The van der Waals surface area contributed by atoms with Crippen molar-refractivity contribution in [2.75, 3.05) is 37.3 Å². The lowest BCUT2D eigenvalue weighted by atomic mass is 10.3. The van der Waals surface area contributed by atoms with Crippen LogP contribution in [0.25, 0.3) is 0 Å². The Bertz CT molecular complexity index is 423. The van der Waals surface area contributed by atoms with Gasteiger partial charge in [0, 0.05) is 39.3 Å². The van der Waals surface area contributed by atoms with Gasteiger partial charge in [-0.25, -0.2) is 4.98 Å². The Morgan fingerprint density at radius 3 is 2.68 bits per heavy atom. The standard InChI is InChI=1S/C12H20BrN5O/c1-4-18(5-2)10(19)6-7-15-11-9(13)8-16-12(14-3)17-11/h8H,4-7H2,1-3H3,(H2,14,15,16,17). The van der Waals surface area contributed by atoms with Crippen LogP contribution in [-0.2, 0) is 4.79 Å². The van der Waals surface area contributed by atoms with Crippen molar-refractivity contribution in [3.05, 3.63) is 10.7 Å². The van der Waals surface area contributed by atoms with E-state index in [0.29, 0.717) is 24.7 Å². The van der Waals surface area contributed by atoms with Crippen LogP contribution in [0.4, 0.5) is 11.8 Å². The molecule has 0 saturated carbocycles. The van der Waals surface area contributed by atoms with Crippen LogP contribution in [0.5, 0.6) is 0 Å². The number of hydrogen-bond acceptors (Lipinski definition) is 5. The molecule has 0 fully saturated rings. The van der Waals surface area contributed by atoms with Gasteiger partial charge in [-0.1, -0.05) is 0 Å². The van der Waals surface area contributed by atoms with Gasteiger partial charge in [0.05, 0.1) is 4.47 Å². The fourth-order valence-corrected chi connectivity index (χ4v) is 1.97. The van der Waals surface area contributed by atoms with E-state index in [1.807, 2.05) is 18.7 Å². The number of hydrogen-bond donors (Lipinski definition) is 2. The Labute approximate surface area is 122 Å². The zero-order valence-corrected chi connectivity index (χ0v) is 13.1. The summed E-state index contributed by atoms with van der Waals surface area (Å²) in [6.07, 6.45) is 2.13. The maximum atomic E-state index is 11.8. The highest BCUT2D eigenvalue weighted by Crippen LogP contribution is 2.19. The molecule has 0 radical (unpaired) electrons. The van der Waals surface area contributed by atoms with Crippen molar-refractivity contribution < 1.29 is 4.79 Å². The molecule has 0 aliphatic rings. The van der Waals surface area contributed by atoms with Gasteiger partial charge >= 0.3 is 0 Å². The van der Waals surface area contributed by atoms with Gasteiger partial charge in [-0.3, -0.25) is 4.79 Å². The predicted molar refractivity (Wildman–Crippen MR) is 80.3 cm³/mol. The van der Waals surface area contributed by atoms with E-state index in [2.05, 4.69) is 36.5 Å². The molecular weight excluding hydrogens is 310 g/mol. The molecule has 0 aromatic carbocycles. The number of carbonyl (C=O) groups excluding carboxylic acids is 1. The van der Waals surface area contributed by atoms with E-state index in [4.69, 9.17) is 0 Å². The van der Waals surface area contributed by atoms with Crippen molar-refractivity contribution in [1.29, 1.82) is 0 Å². The van der Waals surface area contributed by atoms with Crippen LogP contribution in [0.3, 0.4) is 0 Å². The van der Waals surface area contributed by atoms with E-state index < -0.39 is 0 Å². The van der Waals surface area contributed by atoms with E-state index >= 15 is 0 Å². The van der Waals surface area contributed by atoms with E-state index in [-0.39, 0.29) is 5.91 Å². The topological polar surface area (TPSA) is 70.2 Å². The van der Waals surface area contributed by atoms with Gasteiger partial charge in [0.15, 0.2) is 0 Å². The fraction of sp³-hybridized carbons (Fsp3) is 0.583. The molecule has 0 spiro atoms. The van der Waals surface area contributed by atoms with Crippen LogP contribution in [0.15, 0.2) is 10.7 Å². The van der Waals surface area contributed by atoms with Crippen LogP contribution < -0.4 is 10.6 Å². The Morgan fingerprint density at radius 1 is 1.42 bits per heavy atom. The molecule has 1 aromatic rings. The minimum absolute atomic E-state index is 0.150. The minimum Gasteiger partial charge on any atom is -0.368 e. The molecular formula is C12H20BrN5O. The number of amides is 1. The molecule has 1 aromatic heterocycles. The number of nitrogens with one attached hydrogen (secondary N) is 2. The summed E-state index contributed by atoms with van der Waals surface area (Å²) in [5.41, 5.74) is 0. The predicted octanol–water partition coefficient (Wildman–Crippen LogP) is 1.95. The summed E-state index contributed by atoms with van der Waals surface area (Å²) in [6.45, 7) is 6.01. The van der Waals surface area contributed by atoms with Crippen LogP contribution in [0, 0.1) is 0 Å². The Balaban J connectivity index is 2.51. The zero-order chi connectivity index (χ0) is 14.3. The van der Waals surface area contributed by atoms with Crippen molar-refractivity contribution in [1.82, 2.24) is 14.9 Å². The monoisotopic (exact) mass is 329 g/mol. The summed E-state index contributed by atoms with van der Waals surface area (Å²) in [7, 11) is 1.76. The number of nitrogens with zero attached hydrogens (tertiary/aromatic N) is 3. The molecule has 0 saturated heterocycles. The Morgan fingerprint density at radius 2 is 2.11 bits per heavy atom. The molecule has 6 nitrogen and oxygen atoms in total. The second kappa shape index (κ2) is 7.93. The van der Waals surface area contributed by atoms with Crippen molar-refractivity contribution in [2.45, 2.75) is 20.3 Å². The summed E-state index contributed by atoms with van der Waals surface area (Å²) in [5.74, 6) is 1.38. The number of aromatic nitrogens is 2. The van der Waals surface area contributed by atoms with Crippen molar-refractivity contribution >= 4 is 33.6 Å². The van der Waals surface area contributed by atoms with Gasteiger partial charge in [-0.05, 0) is 29.8 Å². The van der Waals surface area contributed by atoms with Crippen molar-refractivity contribution in [3.8, 4) is 0 Å². The molecule has 0 aliphatic heterocycles. The smallest absolute Gasteiger partial charge is 0.224 e. The van der Waals surface area contributed by atoms with Crippen LogP contribution >= 0.6 is 15.9 Å². The highest BCUT2D eigenvalue weighted by atomic mass is 79.9. The third-order valence-electron chi connectivity index (χ3n) is 2.72.